The predicted molar refractivity (Wildman–Crippen MR) is 40.7 cm³/mol. The van der Waals surface area contributed by atoms with E-state index < -0.39 is 0 Å². The molecule has 0 rings (SSSR count). The van der Waals surface area contributed by atoms with Gasteiger partial charge < -0.3 is 5.32 Å². The van der Waals surface area contributed by atoms with E-state index in [9.17, 15) is 0 Å². The highest BCUT2D eigenvalue weighted by Crippen LogP contribution is 1.72. The van der Waals surface area contributed by atoms with Crippen LogP contribution >= 0.6 is 0 Å². The van der Waals surface area contributed by atoms with Gasteiger partial charge in [-0.3, -0.25) is 0 Å². The van der Waals surface area contributed by atoms with Crippen molar-refractivity contribution in [2.24, 2.45) is 0 Å². The number of hydrogen-bond donors (Lipinski definition) is 1. The number of nitrogens with one attached hydrogen (secondary N) is 1. The van der Waals surface area contributed by atoms with Gasteiger partial charge in [0.05, 0.1) is 6.54 Å². The molecule has 0 unspecified atom stereocenters. The van der Waals surface area contributed by atoms with E-state index >= 15 is 0 Å². The summed E-state index contributed by atoms with van der Waals surface area (Å²) in [4.78, 5) is 0. The van der Waals surface area contributed by atoms with Crippen molar-refractivity contribution in [1.82, 2.24) is 5.32 Å². The minimum atomic E-state index is 0.935. The quantitative estimate of drug-likeness (QED) is 0.444. The van der Waals surface area contributed by atoms with E-state index in [-0.39, 0.29) is 0 Å². The highest BCUT2D eigenvalue weighted by molar-refractivity contribution is 5.07. The first-order valence-corrected chi connectivity index (χ1v) is 3.45. The molecule has 0 heterocycles. The van der Waals surface area contributed by atoms with E-state index in [4.69, 9.17) is 0 Å². The Bertz CT molecular complexity index is 96.9. The minimum absolute atomic E-state index is 0.935. The lowest BCUT2D eigenvalue weighted by Crippen LogP contribution is -2.08. The van der Waals surface area contributed by atoms with E-state index in [1.165, 1.54) is 0 Å². The first-order chi connectivity index (χ1) is 4.41. The summed E-state index contributed by atoms with van der Waals surface area (Å²) in [5, 5.41) is 3.07. The topological polar surface area (TPSA) is 12.0 Å². The van der Waals surface area contributed by atoms with E-state index in [0.717, 1.165) is 19.4 Å². The van der Waals surface area contributed by atoms with Crippen LogP contribution in [0.5, 0.6) is 0 Å². The van der Waals surface area contributed by atoms with Crippen LogP contribution < -0.4 is 5.32 Å². The van der Waals surface area contributed by atoms with Crippen LogP contribution in [-0.2, 0) is 0 Å². The molecule has 0 aliphatic rings. The molecule has 1 heteroatoms. The zero-order valence-corrected chi connectivity index (χ0v) is 6.20. The molecule has 0 amide bonds. The zero-order chi connectivity index (χ0) is 6.95. The average Bonchev–Trinajstić information content (AvgIpc) is 1.89. The first-order valence-electron chi connectivity index (χ1n) is 3.45. The molecule has 0 fully saturated rings. The zero-order valence-electron chi connectivity index (χ0n) is 6.20. The second kappa shape index (κ2) is 7.52. The average molecular weight is 124 g/mol. The highest BCUT2D eigenvalue weighted by atomic mass is 14.8. The van der Waals surface area contributed by atoms with Crippen molar-refractivity contribution in [2.75, 3.05) is 6.54 Å². The minimum Gasteiger partial charge on any atom is -0.302 e. The molecule has 0 aliphatic heterocycles. The normalized spacial score (nSPS) is 8.22. The van der Waals surface area contributed by atoms with Crippen molar-refractivity contribution in [2.45, 2.75) is 26.7 Å². The van der Waals surface area contributed by atoms with Gasteiger partial charge >= 0.3 is 0 Å². The molecule has 1 N–H and O–H groups in total. The molecule has 0 spiro atoms. The van der Waals surface area contributed by atoms with Gasteiger partial charge in [-0.1, -0.05) is 19.8 Å². The van der Waals surface area contributed by atoms with Crippen LogP contribution in [0.4, 0.5) is 0 Å². The van der Waals surface area contributed by atoms with Crippen LogP contribution in [0.1, 0.15) is 26.7 Å². The van der Waals surface area contributed by atoms with Gasteiger partial charge in [0.1, 0.15) is 0 Å². The summed E-state index contributed by atoms with van der Waals surface area (Å²) in [5.41, 5.74) is 0. The Morgan fingerprint density at radius 2 is 2.22 bits per heavy atom. The Kier molecular flexibility index (Phi) is 7.12. The van der Waals surface area contributed by atoms with Gasteiger partial charge in [0.15, 0.2) is 0 Å². The molecule has 0 saturated heterocycles. The third-order valence-electron chi connectivity index (χ3n) is 0.847. The van der Waals surface area contributed by atoms with E-state index in [2.05, 4.69) is 24.1 Å². The summed E-state index contributed by atoms with van der Waals surface area (Å²) in [5.74, 6) is 5.82. The van der Waals surface area contributed by atoms with E-state index in [0.29, 0.717) is 0 Å². The van der Waals surface area contributed by atoms with Gasteiger partial charge in [-0.25, -0.2) is 0 Å². The predicted octanol–water partition coefficient (Wildman–Crippen LogP) is 1.56. The molecule has 9 heavy (non-hydrogen) atoms. The fraction of sp³-hybridized carbons (Fsp3) is 0.625. The van der Waals surface area contributed by atoms with Crippen LogP contribution in [0.15, 0.2) is 0 Å². The number of rotatable bonds is 3. The van der Waals surface area contributed by atoms with Crippen LogP contribution in [0, 0.1) is 18.4 Å². The lowest BCUT2D eigenvalue weighted by molar-refractivity contribution is 0.785. The fourth-order valence-corrected chi connectivity index (χ4v) is 0.421. The molecule has 0 aromatic carbocycles. The van der Waals surface area contributed by atoms with Crippen LogP contribution in [-0.4, -0.2) is 6.54 Å². The van der Waals surface area contributed by atoms with Crippen LogP contribution in [0.2, 0.25) is 0 Å². The second-order valence-corrected chi connectivity index (χ2v) is 1.77. The largest absolute Gasteiger partial charge is 0.302 e. The molecular weight excluding hydrogens is 110 g/mol. The molecule has 0 saturated carbocycles. The molecular formula is C8H14N. The van der Waals surface area contributed by atoms with Crippen molar-refractivity contribution in [3.63, 3.8) is 0 Å². The van der Waals surface area contributed by atoms with Gasteiger partial charge in [-0.2, -0.15) is 0 Å². The summed E-state index contributed by atoms with van der Waals surface area (Å²) in [6.07, 6.45) is 2.09. The number of hydrogen-bond acceptors (Lipinski definition) is 1. The van der Waals surface area contributed by atoms with E-state index in [1.54, 1.807) is 0 Å². The van der Waals surface area contributed by atoms with Gasteiger partial charge in [-0.05, 0) is 13.0 Å². The van der Waals surface area contributed by atoms with Gasteiger partial charge in [0.25, 0.3) is 0 Å². The molecule has 0 aromatic heterocycles. The van der Waals surface area contributed by atoms with E-state index in [1.807, 2.05) is 13.5 Å². The Morgan fingerprint density at radius 1 is 1.44 bits per heavy atom. The smallest absolute Gasteiger partial charge is 0.0959 e. The first kappa shape index (κ1) is 8.52. The Labute approximate surface area is 57.8 Å². The Hall–Kier alpha value is -0.480. The van der Waals surface area contributed by atoms with Gasteiger partial charge in [0.2, 0.25) is 0 Å². The fourth-order valence-electron chi connectivity index (χ4n) is 0.421. The van der Waals surface area contributed by atoms with Crippen molar-refractivity contribution in [3.8, 4) is 11.8 Å². The molecule has 1 nitrogen and oxygen atoms in total. The summed E-state index contributed by atoms with van der Waals surface area (Å²) in [7, 11) is 0. The summed E-state index contributed by atoms with van der Waals surface area (Å²) >= 11 is 0. The maximum atomic E-state index is 3.07. The van der Waals surface area contributed by atoms with Crippen LogP contribution in [0.3, 0.4) is 0 Å². The van der Waals surface area contributed by atoms with Crippen molar-refractivity contribution >= 4 is 0 Å². The third-order valence-corrected chi connectivity index (χ3v) is 0.847. The van der Waals surface area contributed by atoms with Gasteiger partial charge in [-0.15, -0.1) is 5.92 Å². The maximum Gasteiger partial charge on any atom is 0.0959 e. The summed E-state index contributed by atoms with van der Waals surface area (Å²) < 4.78 is 0. The lowest BCUT2D eigenvalue weighted by Gasteiger charge is -1.91. The van der Waals surface area contributed by atoms with Gasteiger partial charge in [0, 0.05) is 6.42 Å². The molecule has 0 aromatic rings. The molecule has 0 atom stereocenters. The summed E-state index contributed by atoms with van der Waals surface area (Å²) in [6, 6.07) is 0. The third kappa shape index (κ3) is 7.52. The standard InChI is InChI=1S/C8H14N/c1-3-5-6-8-9-7-4-2/h8-9H,3-4,7H2,1-2H3. The SMILES string of the molecule is CCC#C[CH]NCCC. The van der Waals surface area contributed by atoms with Crippen LogP contribution in [0.25, 0.3) is 0 Å². The summed E-state index contributed by atoms with van der Waals surface area (Å²) in [6.45, 7) is 7.01. The van der Waals surface area contributed by atoms with Crippen molar-refractivity contribution in [3.05, 3.63) is 6.54 Å². The van der Waals surface area contributed by atoms with Crippen molar-refractivity contribution in [1.29, 1.82) is 0 Å². The van der Waals surface area contributed by atoms with Crippen molar-refractivity contribution < 1.29 is 0 Å². The lowest BCUT2D eigenvalue weighted by atomic mass is 10.4. The molecule has 0 aliphatic carbocycles. The molecule has 51 valence electrons. The molecule has 0 bridgehead atoms. The second-order valence-electron chi connectivity index (χ2n) is 1.77. The Balaban J connectivity index is 2.90. The Morgan fingerprint density at radius 3 is 2.78 bits per heavy atom. The highest BCUT2D eigenvalue weighted by Gasteiger charge is 1.76. The monoisotopic (exact) mass is 124 g/mol. The molecule has 1 radical (unpaired) electrons. The maximum absolute atomic E-state index is 3.07.